The molecule has 4 heterocycles. The Morgan fingerprint density at radius 1 is 1.29 bits per heavy atom. The number of methoxy groups -OCH3 is 1. The van der Waals surface area contributed by atoms with Gasteiger partial charge in [-0.15, -0.1) is 0 Å². The standard InChI is InChI=1S/C19H21ClN6O2/c1-11-4-5-25(18(27)13-7-16(20)24-17(8-13)28-3)9-14(11)15-6-12(2)23-19-21-10-22-26(15)19/h6-8,10-11,14H,4-5,9H2,1-3H3/t11-,14-/m1/s1. The number of fused-ring (bicyclic) bond motifs is 1. The summed E-state index contributed by atoms with van der Waals surface area (Å²) in [5, 5.41) is 4.56. The van der Waals surface area contributed by atoms with E-state index in [1.165, 1.54) is 13.4 Å². The fourth-order valence-electron chi connectivity index (χ4n) is 3.75. The highest BCUT2D eigenvalue weighted by Crippen LogP contribution is 2.33. The van der Waals surface area contributed by atoms with Crippen LogP contribution in [0, 0.1) is 12.8 Å². The number of hydrogen-bond donors (Lipinski definition) is 0. The first-order chi connectivity index (χ1) is 13.5. The van der Waals surface area contributed by atoms with Gasteiger partial charge in [-0.2, -0.15) is 10.1 Å². The number of ether oxygens (including phenoxy) is 1. The predicted octanol–water partition coefficient (Wildman–Crippen LogP) is 2.76. The smallest absolute Gasteiger partial charge is 0.254 e. The average Bonchev–Trinajstić information content (AvgIpc) is 3.15. The third kappa shape index (κ3) is 3.40. The van der Waals surface area contributed by atoms with Crippen LogP contribution in [0.3, 0.4) is 0 Å². The van der Waals surface area contributed by atoms with Crippen molar-refractivity contribution < 1.29 is 9.53 Å². The molecule has 28 heavy (non-hydrogen) atoms. The molecule has 1 amide bonds. The van der Waals surface area contributed by atoms with Crippen LogP contribution in [0.15, 0.2) is 24.5 Å². The van der Waals surface area contributed by atoms with Gasteiger partial charge < -0.3 is 9.64 Å². The van der Waals surface area contributed by atoms with E-state index in [1.54, 1.807) is 16.6 Å². The van der Waals surface area contributed by atoms with E-state index in [0.717, 1.165) is 17.8 Å². The second-order valence-electron chi connectivity index (χ2n) is 7.14. The first-order valence-electron chi connectivity index (χ1n) is 9.14. The molecule has 0 saturated carbocycles. The number of carbonyl (C=O) groups is 1. The lowest BCUT2D eigenvalue weighted by Crippen LogP contribution is -2.42. The average molecular weight is 401 g/mol. The minimum atomic E-state index is -0.0832. The summed E-state index contributed by atoms with van der Waals surface area (Å²) in [6, 6.07) is 5.22. The van der Waals surface area contributed by atoms with Gasteiger partial charge >= 0.3 is 0 Å². The van der Waals surface area contributed by atoms with Gasteiger partial charge in [-0.25, -0.2) is 14.5 Å². The van der Waals surface area contributed by atoms with E-state index in [9.17, 15) is 4.79 Å². The highest BCUT2D eigenvalue weighted by atomic mass is 35.5. The van der Waals surface area contributed by atoms with Crippen molar-refractivity contribution in [2.45, 2.75) is 26.2 Å². The maximum Gasteiger partial charge on any atom is 0.254 e. The number of carbonyl (C=O) groups excluding carboxylic acids is 1. The van der Waals surface area contributed by atoms with E-state index >= 15 is 0 Å². The maximum atomic E-state index is 13.1. The number of amides is 1. The summed E-state index contributed by atoms with van der Waals surface area (Å²) in [6.45, 7) is 5.42. The van der Waals surface area contributed by atoms with E-state index in [-0.39, 0.29) is 17.0 Å². The van der Waals surface area contributed by atoms with Crippen LogP contribution >= 0.6 is 11.6 Å². The summed E-state index contributed by atoms with van der Waals surface area (Å²) in [6.07, 6.45) is 2.40. The summed E-state index contributed by atoms with van der Waals surface area (Å²) in [4.78, 5) is 27.7. The van der Waals surface area contributed by atoms with Gasteiger partial charge in [-0.1, -0.05) is 18.5 Å². The molecule has 0 radical (unpaired) electrons. The molecule has 1 aliphatic rings. The quantitative estimate of drug-likeness (QED) is 0.628. The number of piperidine rings is 1. The molecule has 0 N–H and O–H groups in total. The predicted molar refractivity (Wildman–Crippen MR) is 104 cm³/mol. The highest BCUT2D eigenvalue weighted by molar-refractivity contribution is 6.29. The third-order valence-electron chi connectivity index (χ3n) is 5.26. The highest BCUT2D eigenvalue weighted by Gasteiger charge is 2.32. The van der Waals surface area contributed by atoms with Crippen LogP contribution in [-0.4, -0.2) is 55.6 Å². The molecule has 0 unspecified atom stereocenters. The number of aryl methyl sites for hydroxylation is 1. The molecule has 0 aromatic carbocycles. The van der Waals surface area contributed by atoms with E-state index in [0.29, 0.717) is 36.2 Å². The molecule has 3 aromatic heterocycles. The number of halogens is 1. The number of likely N-dealkylation sites (tertiary alicyclic amines) is 1. The molecule has 4 rings (SSSR count). The Hall–Kier alpha value is -2.74. The second kappa shape index (κ2) is 7.35. The Balaban J connectivity index is 1.66. The largest absolute Gasteiger partial charge is 0.481 e. The Labute approximate surface area is 167 Å². The number of nitrogens with zero attached hydrogens (tertiary/aromatic N) is 6. The van der Waals surface area contributed by atoms with Crippen molar-refractivity contribution in [2.24, 2.45) is 5.92 Å². The van der Waals surface area contributed by atoms with Crippen molar-refractivity contribution in [3.63, 3.8) is 0 Å². The minimum Gasteiger partial charge on any atom is -0.481 e. The van der Waals surface area contributed by atoms with Crippen molar-refractivity contribution in [1.29, 1.82) is 0 Å². The molecule has 2 atom stereocenters. The monoisotopic (exact) mass is 400 g/mol. The van der Waals surface area contributed by atoms with Crippen molar-refractivity contribution in [3.8, 4) is 5.88 Å². The lowest BCUT2D eigenvalue weighted by atomic mass is 9.84. The summed E-state index contributed by atoms with van der Waals surface area (Å²) in [5.74, 6) is 1.35. The van der Waals surface area contributed by atoms with E-state index in [1.807, 2.05) is 17.9 Å². The van der Waals surface area contributed by atoms with Gasteiger partial charge in [-0.05, 0) is 31.4 Å². The Kier molecular flexibility index (Phi) is 4.89. The van der Waals surface area contributed by atoms with E-state index in [2.05, 4.69) is 27.0 Å². The summed E-state index contributed by atoms with van der Waals surface area (Å²) in [5.41, 5.74) is 2.38. The molecule has 9 heteroatoms. The maximum absolute atomic E-state index is 13.1. The second-order valence-corrected chi connectivity index (χ2v) is 7.53. The zero-order valence-corrected chi connectivity index (χ0v) is 16.7. The molecular formula is C19H21ClN6O2. The Morgan fingerprint density at radius 2 is 2.11 bits per heavy atom. The molecule has 1 fully saturated rings. The topological polar surface area (TPSA) is 85.5 Å². The molecule has 8 nitrogen and oxygen atoms in total. The van der Waals surface area contributed by atoms with Crippen LogP contribution in [0.25, 0.3) is 5.78 Å². The van der Waals surface area contributed by atoms with Crippen molar-refractivity contribution in [2.75, 3.05) is 20.2 Å². The molecule has 1 aliphatic heterocycles. The molecule has 0 bridgehead atoms. The molecule has 1 saturated heterocycles. The lowest BCUT2D eigenvalue weighted by Gasteiger charge is -2.37. The summed E-state index contributed by atoms with van der Waals surface area (Å²) < 4.78 is 6.91. The molecule has 0 spiro atoms. The fourth-order valence-corrected chi connectivity index (χ4v) is 3.95. The number of aromatic nitrogens is 5. The molecule has 3 aromatic rings. The van der Waals surface area contributed by atoms with Crippen LogP contribution in [0.1, 0.15) is 41.0 Å². The lowest BCUT2D eigenvalue weighted by molar-refractivity contribution is 0.0665. The summed E-state index contributed by atoms with van der Waals surface area (Å²) in [7, 11) is 1.50. The van der Waals surface area contributed by atoms with Crippen molar-refractivity contribution >= 4 is 23.3 Å². The van der Waals surface area contributed by atoms with Crippen molar-refractivity contribution in [1.82, 2.24) is 29.5 Å². The molecule has 0 aliphatic carbocycles. The number of pyridine rings is 1. The van der Waals surface area contributed by atoms with Gasteiger partial charge in [0.2, 0.25) is 5.88 Å². The van der Waals surface area contributed by atoms with Gasteiger partial charge in [0.05, 0.1) is 12.8 Å². The van der Waals surface area contributed by atoms with Crippen LogP contribution in [-0.2, 0) is 0 Å². The van der Waals surface area contributed by atoms with Gasteiger partial charge in [0.15, 0.2) is 0 Å². The SMILES string of the molecule is COc1cc(C(=O)N2CC[C@@H](C)[C@H](c3cc(C)nc4ncnn34)C2)cc(Cl)n1. The Morgan fingerprint density at radius 3 is 2.89 bits per heavy atom. The Bertz CT molecular complexity index is 1040. The van der Waals surface area contributed by atoms with Crippen LogP contribution in [0.2, 0.25) is 5.15 Å². The van der Waals surface area contributed by atoms with E-state index in [4.69, 9.17) is 16.3 Å². The van der Waals surface area contributed by atoms with Crippen LogP contribution in [0.4, 0.5) is 0 Å². The zero-order chi connectivity index (χ0) is 19.8. The van der Waals surface area contributed by atoms with Gasteiger partial charge in [0.1, 0.15) is 11.5 Å². The fraction of sp³-hybridized carbons (Fsp3) is 0.421. The summed E-state index contributed by atoms with van der Waals surface area (Å²) >= 11 is 6.04. The van der Waals surface area contributed by atoms with Crippen LogP contribution in [0.5, 0.6) is 5.88 Å². The number of hydrogen-bond acceptors (Lipinski definition) is 6. The third-order valence-corrected chi connectivity index (χ3v) is 5.45. The van der Waals surface area contributed by atoms with Gasteiger partial charge in [0, 0.05) is 36.3 Å². The van der Waals surface area contributed by atoms with Crippen LogP contribution < -0.4 is 4.74 Å². The first kappa shape index (κ1) is 18.6. The van der Waals surface area contributed by atoms with Gasteiger partial charge in [-0.3, -0.25) is 4.79 Å². The first-order valence-corrected chi connectivity index (χ1v) is 9.52. The molecule has 146 valence electrons. The molecular weight excluding hydrogens is 380 g/mol. The number of rotatable bonds is 3. The van der Waals surface area contributed by atoms with E-state index < -0.39 is 0 Å². The van der Waals surface area contributed by atoms with Crippen molar-refractivity contribution in [3.05, 3.63) is 46.6 Å². The minimum absolute atomic E-state index is 0.0832. The zero-order valence-electron chi connectivity index (χ0n) is 16.0. The normalized spacial score (nSPS) is 19.8. The van der Waals surface area contributed by atoms with Gasteiger partial charge in [0.25, 0.3) is 11.7 Å².